The van der Waals surface area contributed by atoms with Gasteiger partial charge in [-0.25, -0.2) is 4.52 Å². The summed E-state index contributed by atoms with van der Waals surface area (Å²) in [6, 6.07) is 10.6. The summed E-state index contributed by atoms with van der Waals surface area (Å²) in [5, 5.41) is 0. The molecule has 0 N–H and O–H groups in total. The quantitative estimate of drug-likeness (QED) is 0.664. The minimum absolute atomic E-state index is 1.10. The zero-order valence-corrected chi connectivity index (χ0v) is 13.8. The van der Waals surface area contributed by atoms with Crippen molar-refractivity contribution < 1.29 is 13.8 Å². The zero-order chi connectivity index (χ0) is 15.9. The maximum Gasteiger partial charge on any atom is 0.262 e. The molecule has 3 aromatic rings. The predicted molar refractivity (Wildman–Crippen MR) is 85.8 cm³/mol. The molecule has 3 rings (SSSR count). The van der Waals surface area contributed by atoms with Crippen LogP contribution in [0, 0.1) is 27.7 Å². The lowest BCUT2D eigenvalue weighted by atomic mass is 9.94. The number of nitrogens with zero attached hydrogens (tertiary/aromatic N) is 2. The monoisotopic (exact) mass is 294 g/mol. The number of benzene rings is 1. The highest BCUT2D eigenvalue weighted by atomic mass is 16.5. The van der Waals surface area contributed by atoms with Crippen molar-refractivity contribution in [1.29, 1.82) is 0 Å². The molecule has 0 saturated heterocycles. The second kappa shape index (κ2) is 5.41. The van der Waals surface area contributed by atoms with Crippen molar-refractivity contribution in [1.82, 2.24) is 0 Å². The molecule has 0 aliphatic carbocycles. The first kappa shape index (κ1) is 14.5. The number of hydrogen-bond donors (Lipinski definition) is 0. The van der Waals surface area contributed by atoms with Crippen LogP contribution in [0.15, 0.2) is 47.3 Å². The maximum atomic E-state index is 5.44. The molecule has 0 atom stereocenters. The van der Waals surface area contributed by atoms with Gasteiger partial charge in [0.2, 0.25) is 5.69 Å². The highest BCUT2D eigenvalue weighted by Crippen LogP contribution is 2.30. The topological polar surface area (TPSA) is 20.9 Å². The molecule has 0 saturated carbocycles. The van der Waals surface area contributed by atoms with Gasteiger partial charge in [-0.2, -0.15) is 4.57 Å². The zero-order valence-electron chi connectivity index (χ0n) is 13.8. The molecule has 112 valence electrons. The highest BCUT2D eigenvalue weighted by Gasteiger charge is 2.25. The molecule has 0 aliphatic heterocycles. The fraction of sp³-hybridized carbons (Fsp3) is 0.263. The second-order valence-electron chi connectivity index (χ2n) is 5.86. The van der Waals surface area contributed by atoms with Gasteiger partial charge < -0.3 is 0 Å². The molecule has 3 heteroatoms. The Hall–Kier alpha value is -2.42. The molecule has 0 fully saturated rings. The molecule has 0 bridgehead atoms. The summed E-state index contributed by atoms with van der Waals surface area (Å²) in [6.07, 6.45) is 3.85. The summed E-state index contributed by atoms with van der Waals surface area (Å²) in [6.45, 7) is 8.66. The fourth-order valence-corrected chi connectivity index (χ4v) is 3.31. The van der Waals surface area contributed by atoms with Gasteiger partial charge in [0.1, 0.15) is 0 Å². The number of aryl methyl sites for hydroxylation is 4. The van der Waals surface area contributed by atoms with Crippen LogP contribution in [-0.4, -0.2) is 0 Å². The van der Waals surface area contributed by atoms with Crippen molar-refractivity contribution in [2.24, 2.45) is 7.05 Å². The van der Waals surface area contributed by atoms with Crippen LogP contribution in [-0.2, 0) is 7.05 Å². The van der Waals surface area contributed by atoms with Gasteiger partial charge in [0.25, 0.3) is 5.69 Å². The summed E-state index contributed by atoms with van der Waals surface area (Å²) in [5.41, 5.74) is 8.64. The Morgan fingerprint density at radius 3 is 2.36 bits per heavy atom. The van der Waals surface area contributed by atoms with Crippen molar-refractivity contribution in [3.05, 3.63) is 65.2 Å². The van der Waals surface area contributed by atoms with E-state index in [1.165, 1.54) is 33.6 Å². The van der Waals surface area contributed by atoms with E-state index < -0.39 is 0 Å². The van der Waals surface area contributed by atoms with Crippen LogP contribution in [0.1, 0.15) is 22.4 Å². The standard InChI is InChI=1S/C19H22N2O/c1-13-12-14(2)19(21-10-7-6-8-15(21)3)16(4)18(13)17-9-11-22-20(17)5/h6-12H,1-5H3/q+2. The number of hydrogen-bond acceptors (Lipinski definition) is 1. The van der Waals surface area contributed by atoms with E-state index in [1.54, 1.807) is 6.26 Å². The molecular formula is C19H22N2O+2. The molecule has 2 aromatic heterocycles. The number of aromatic nitrogens is 2. The van der Waals surface area contributed by atoms with E-state index in [9.17, 15) is 0 Å². The Bertz CT molecular complexity index is 847. The third-order valence-electron chi connectivity index (χ3n) is 4.28. The van der Waals surface area contributed by atoms with Gasteiger partial charge in [-0.3, -0.25) is 0 Å². The van der Waals surface area contributed by atoms with Crippen LogP contribution >= 0.6 is 0 Å². The van der Waals surface area contributed by atoms with Gasteiger partial charge >= 0.3 is 0 Å². The van der Waals surface area contributed by atoms with Gasteiger partial charge in [-0.1, -0.05) is 6.07 Å². The molecule has 22 heavy (non-hydrogen) atoms. The SMILES string of the molecule is Cc1cc(C)c(-[n+]2ccccc2C)c(C)c1-c1cco[n+]1C. The van der Waals surface area contributed by atoms with Gasteiger partial charge in [0.05, 0.1) is 11.6 Å². The molecule has 0 unspecified atom stereocenters. The van der Waals surface area contributed by atoms with Crippen LogP contribution < -0.4 is 9.31 Å². The summed E-state index contributed by atoms with van der Waals surface area (Å²) >= 11 is 0. The Balaban J connectivity index is 2.34. The largest absolute Gasteiger partial charge is 0.262 e. The van der Waals surface area contributed by atoms with Crippen LogP contribution in [0.2, 0.25) is 0 Å². The van der Waals surface area contributed by atoms with Crippen LogP contribution in [0.25, 0.3) is 16.9 Å². The van der Waals surface area contributed by atoms with Gasteiger partial charge in [0, 0.05) is 30.2 Å². The van der Waals surface area contributed by atoms with Crippen molar-refractivity contribution in [3.8, 4) is 16.9 Å². The molecule has 0 spiro atoms. The molecule has 1 aromatic carbocycles. The third-order valence-corrected chi connectivity index (χ3v) is 4.28. The minimum atomic E-state index is 1.10. The van der Waals surface area contributed by atoms with Crippen molar-refractivity contribution >= 4 is 0 Å². The van der Waals surface area contributed by atoms with E-state index in [4.69, 9.17) is 4.52 Å². The van der Waals surface area contributed by atoms with Crippen LogP contribution in [0.5, 0.6) is 0 Å². The Kier molecular flexibility index (Phi) is 3.57. The molecule has 2 heterocycles. The normalized spacial score (nSPS) is 11.0. The Morgan fingerprint density at radius 2 is 1.73 bits per heavy atom. The van der Waals surface area contributed by atoms with Gasteiger partial charge in [-0.15, -0.1) is 0 Å². The third kappa shape index (κ3) is 2.23. The first-order valence-electron chi connectivity index (χ1n) is 7.53. The van der Waals surface area contributed by atoms with E-state index in [2.05, 4.69) is 62.7 Å². The first-order chi connectivity index (χ1) is 10.5. The summed E-state index contributed by atoms with van der Waals surface area (Å²) in [4.78, 5) is 0. The average Bonchev–Trinajstić information content (AvgIpc) is 2.87. The number of rotatable bonds is 2. The lowest BCUT2D eigenvalue weighted by molar-refractivity contribution is -0.836. The summed E-state index contributed by atoms with van der Waals surface area (Å²) in [5.74, 6) is 0. The smallest absolute Gasteiger partial charge is 0.244 e. The second-order valence-corrected chi connectivity index (χ2v) is 5.86. The van der Waals surface area contributed by atoms with Crippen LogP contribution in [0.3, 0.4) is 0 Å². The average molecular weight is 294 g/mol. The fourth-order valence-electron chi connectivity index (χ4n) is 3.31. The summed E-state index contributed by atoms with van der Waals surface area (Å²) in [7, 11) is 1.94. The van der Waals surface area contributed by atoms with E-state index in [1.807, 2.05) is 17.9 Å². The summed E-state index contributed by atoms with van der Waals surface area (Å²) < 4.78 is 9.51. The van der Waals surface area contributed by atoms with Gasteiger partial charge in [-0.05, 0) is 37.1 Å². The molecule has 0 aliphatic rings. The lowest BCUT2D eigenvalue weighted by Crippen LogP contribution is -2.36. The van der Waals surface area contributed by atoms with E-state index in [-0.39, 0.29) is 0 Å². The van der Waals surface area contributed by atoms with E-state index in [0.717, 1.165) is 5.69 Å². The molecule has 3 nitrogen and oxygen atoms in total. The van der Waals surface area contributed by atoms with Crippen LogP contribution in [0.4, 0.5) is 0 Å². The lowest BCUT2D eigenvalue weighted by Gasteiger charge is -2.11. The number of pyridine rings is 1. The molecular weight excluding hydrogens is 272 g/mol. The highest BCUT2D eigenvalue weighted by molar-refractivity contribution is 5.70. The van der Waals surface area contributed by atoms with E-state index in [0.29, 0.717) is 0 Å². The van der Waals surface area contributed by atoms with Crippen molar-refractivity contribution in [3.63, 3.8) is 0 Å². The minimum Gasteiger partial charge on any atom is -0.244 e. The Morgan fingerprint density at radius 1 is 0.955 bits per heavy atom. The van der Waals surface area contributed by atoms with Gasteiger partial charge in [0.15, 0.2) is 25.2 Å². The first-order valence-corrected chi connectivity index (χ1v) is 7.53. The van der Waals surface area contributed by atoms with Crippen molar-refractivity contribution in [2.45, 2.75) is 27.7 Å². The predicted octanol–water partition coefficient (Wildman–Crippen LogP) is 3.28. The van der Waals surface area contributed by atoms with E-state index >= 15 is 0 Å². The molecule has 0 radical (unpaired) electrons. The molecule has 0 amide bonds. The Labute approximate surface area is 131 Å². The maximum absolute atomic E-state index is 5.44. The van der Waals surface area contributed by atoms with Crippen molar-refractivity contribution in [2.75, 3.05) is 0 Å².